The van der Waals surface area contributed by atoms with Crippen molar-refractivity contribution in [2.24, 2.45) is 11.3 Å². The second kappa shape index (κ2) is 4.22. The second-order valence-electron chi connectivity index (χ2n) is 5.40. The molecule has 2 aliphatic carbocycles. The van der Waals surface area contributed by atoms with Crippen molar-refractivity contribution in [1.82, 2.24) is 5.32 Å². The Morgan fingerprint density at radius 1 is 1.29 bits per heavy atom. The van der Waals surface area contributed by atoms with Crippen LogP contribution in [0.25, 0.3) is 0 Å². The monoisotopic (exact) mass is 195 g/mol. The highest BCUT2D eigenvalue weighted by Crippen LogP contribution is 2.58. The van der Waals surface area contributed by atoms with Gasteiger partial charge in [-0.3, -0.25) is 0 Å². The van der Waals surface area contributed by atoms with Crippen molar-refractivity contribution in [3.05, 3.63) is 0 Å². The van der Waals surface area contributed by atoms with Gasteiger partial charge in [-0.05, 0) is 43.6 Å². The van der Waals surface area contributed by atoms with Crippen LogP contribution in [0.2, 0.25) is 0 Å². The van der Waals surface area contributed by atoms with Crippen LogP contribution in [-0.2, 0) is 0 Å². The quantitative estimate of drug-likeness (QED) is 0.657. The Balaban J connectivity index is 1.67. The van der Waals surface area contributed by atoms with E-state index in [-0.39, 0.29) is 0 Å². The van der Waals surface area contributed by atoms with Crippen molar-refractivity contribution >= 4 is 0 Å². The van der Waals surface area contributed by atoms with Gasteiger partial charge in [-0.2, -0.15) is 0 Å². The third-order valence-corrected chi connectivity index (χ3v) is 4.32. The summed E-state index contributed by atoms with van der Waals surface area (Å²) in [5.74, 6) is 1.01. The molecular formula is C13H25N. The molecule has 0 aliphatic heterocycles. The largest absolute Gasteiger partial charge is 0.314 e. The molecule has 2 rings (SSSR count). The molecule has 0 aromatic heterocycles. The number of nitrogens with one attached hydrogen (secondary N) is 1. The van der Waals surface area contributed by atoms with Crippen molar-refractivity contribution in [1.29, 1.82) is 0 Å². The molecule has 1 N–H and O–H groups in total. The summed E-state index contributed by atoms with van der Waals surface area (Å²) in [6.07, 6.45) is 10.1. The molecule has 82 valence electrons. The summed E-state index contributed by atoms with van der Waals surface area (Å²) in [6.45, 7) is 6.00. The van der Waals surface area contributed by atoms with E-state index in [1.54, 1.807) is 0 Å². The summed E-state index contributed by atoms with van der Waals surface area (Å²) in [6, 6.07) is 0.899. The van der Waals surface area contributed by atoms with E-state index >= 15 is 0 Å². The van der Waals surface area contributed by atoms with Crippen LogP contribution in [0, 0.1) is 11.3 Å². The highest BCUT2D eigenvalue weighted by molar-refractivity contribution is 5.02. The number of hydrogen-bond donors (Lipinski definition) is 1. The molecule has 0 saturated heterocycles. The lowest BCUT2D eigenvalue weighted by atomic mass is 9.93. The fourth-order valence-corrected chi connectivity index (χ4v) is 2.76. The van der Waals surface area contributed by atoms with Crippen LogP contribution in [0.4, 0.5) is 0 Å². The summed E-state index contributed by atoms with van der Waals surface area (Å²) in [5, 5.41) is 3.68. The fraction of sp³-hybridized carbons (Fsp3) is 1.00. The van der Waals surface area contributed by atoms with Gasteiger partial charge in [0.2, 0.25) is 0 Å². The maximum absolute atomic E-state index is 3.68. The predicted octanol–water partition coefficient (Wildman–Crippen LogP) is 3.34. The summed E-state index contributed by atoms with van der Waals surface area (Å²) < 4.78 is 0. The molecule has 0 aromatic carbocycles. The minimum absolute atomic E-state index is 0.762. The standard InChI is InChI=1S/C13H25N/c1-3-5-8-13(4-2)9-11(13)10-14-12-6-7-12/h11-12,14H,3-10H2,1-2H3. The average molecular weight is 195 g/mol. The predicted molar refractivity (Wildman–Crippen MR) is 61.4 cm³/mol. The Labute approximate surface area is 88.7 Å². The van der Waals surface area contributed by atoms with Gasteiger partial charge in [0.1, 0.15) is 0 Å². The van der Waals surface area contributed by atoms with Gasteiger partial charge >= 0.3 is 0 Å². The van der Waals surface area contributed by atoms with E-state index in [9.17, 15) is 0 Å². The summed E-state index contributed by atoms with van der Waals surface area (Å²) >= 11 is 0. The first-order valence-corrected chi connectivity index (χ1v) is 6.54. The number of hydrogen-bond acceptors (Lipinski definition) is 1. The highest BCUT2D eigenvalue weighted by atomic mass is 15.0. The van der Waals surface area contributed by atoms with Gasteiger partial charge in [-0.1, -0.05) is 33.1 Å². The van der Waals surface area contributed by atoms with E-state index in [0.29, 0.717) is 0 Å². The van der Waals surface area contributed by atoms with Crippen LogP contribution < -0.4 is 5.32 Å². The maximum atomic E-state index is 3.68. The molecule has 2 saturated carbocycles. The molecule has 0 amide bonds. The summed E-state index contributed by atoms with van der Waals surface area (Å²) in [4.78, 5) is 0. The summed E-state index contributed by atoms with van der Waals surface area (Å²) in [5.41, 5.74) is 0.762. The van der Waals surface area contributed by atoms with Crippen molar-refractivity contribution in [3.8, 4) is 0 Å². The lowest BCUT2D eigenvalue weighted by Crippen LogP contribution is -2.21. The zero-order valence-electron chi connectivity index (χ0n) is 9.81. The summed E-state index contributed by atoms with van der Waals surface area (Å²) in [7, 11) is 0. The van der Waals surface area contributed by atoms with E-state index in [4.69, 9.17) is 0 Å². The zero-order chi connectivity index (χ0) is 10.0. The molecule has 1 nitrogen and oxygen atoms in total. The number of rotatable bonds is 7. The van der Waals surface area contributed by atoms with E-state index < -0.39 is 0 Å². The lowest BCUT2D eigenvalue weighted by Gasteiger charge is -2.14. The fourth-order valence-electron chi connectivity index (χ4n) is 2.76. The topological polar surface area (TPSA) is 12.0 Å². The smallest absolute Gasteiger partial charge is 0.00683 e. The van der Waals surface area contributed by atoms with Gasteiger partial charge in [0.25, 0.3) is 0 Å². The maximum Gasteiger partial charge on any atom is 0.00683 e. The first-order chi connectivity index (χ1) is 6.80. The van der Waals surface area contributed by atoms with E-state index in [1.165, 1.54) is 51.5 Å². The molecule has 0 spiro atoms. The van der Waals surface area contributed by atoms with Crippen LogP contribution >= 0.6 is 0 Å². The van der Waals surface area contributed by atoms with Crippen molar-refractivity contribution in [2.75, 3.05) is 6.54 Å². The van der Waals surface area contributed by atoms with E-state index in [0.717, 1.165) is 17.4 Å². The number of unbranched alkanes of at least 4 members (excludes halogenated alkanes) is 1. The first-order valence-electron chi connectivity index (χ1n) is 6.54. The normalized spacial score (nSPS) is 36.0. The van der Waals surface area contributed by atoms with Gasteiger partial charge in [0.05, 0.1) is 0 Å². The molecule has 2 atom stereocenters. The molecule has 1 heteroatoms. The van der Waals surface area contributed by atoms with Crippen LogP contribution in [0.1, 0.15) is 58.8 Å². The Kier molecular flexibility index (Phi) is 3.16. The Morgan fingerprint density at radius 2 is 2.07 bits per heavy atom. The molecule has 0 bridgehead atoms. The van der Waals surface area contributed by atoms with Gasteiger partial charge in [-0.25, -0.2) is 0 Å². The van der Waals surface area contributed by atoms with Crippen molar-refractivity contribution < 1.29 is 0 Å². The minimum Gasteiger partial charge on any atom is -0.314 e. The Bertz CT molecular complexity index is 186. The average Bonchev–Trinajstić information content (AvgIpc) is 3.08. The van der Waals surface area contributed by atoms with Gasteiger partial charge in [0.15, 0.2) is 0 Å². The molecule has 0 aromatic rings. The third kappa shape index (κ3) is 2.31. The molecule has 2 aliphatic rings. The van der Waals surface area contributed by atoms with Crippen molar-refractivity contribution in [2.45, 2.75) is 64.8 Å². The third-order valence-electron chi connectivity index (χ3n) is 4.32. The van der Waals surface area contributed by atoms with Crippen LogP contribution in [-0.4, -0.2) is 12.6 Å². The molecule has 0 heterocycles. The van der Waals surface area contributed by atoms with Gasteiger partial charge < -0.3 is 5.32 Å². The van der Waals surface area contributed by atoms with Crippen LogP contribution in [0.15, 0.2) is 0 Å². The van der Waals surface area contributed by atoms with Gasteiger partial charge in [0, 0.05) is 6.04 Å². The SMILES string of the molecule is CCCCC1(CC)CC1CNC1CC1. The Morgan fingerprint density at radius 3 is 2.64 bits per heavy atom. The van der Waals surface area contributed by atoms with Crippen molar-refractivity contribution in [3.63, 3.8) is 0 Å². The first kappa shape index (κ1) is 10.5. The van der Waals surface area contributed by atoms with Gasteiger partial charge in [-0.15, -0.1) is 0 Å². The Hall–Kier alpha value is -0.0400. The second-order valence-corrected chi connectivity index (χ2v) is 5.40. The zero-order valence-corrected chi connectivity index (χ0v) is 9.81. The molecule has 2 fully saturated rings. The molecule has 2 unspecified atom stereocenters. The van der Waals surface area contributed by atoms with Crippen LogP contribution in [0.5, 0.6) is 0 Å². The molecule has 0 radical (unpaired) electrons. The minimum atomic E-state index is 0.762. The van der Waals surface area contributed by atoms with E-state index in [1.807, 2.05) is 0 Å². The van der Waals surface area contributed by atoms with Crippen LogP contribution in [0.3, 0.4) is 0 Å². The molecular weight excluding hydrogens is 170 g/mol. The highest BCUT2D eigenvalue weighted by Gasteiger charge is 2.51. The molecule has 14 heavy (non-hydrogen) atoms. The van der Waals surface area contributed by atoms with E-state index in [2.05, 4.69) is 19.2 Å². The lowest BCUT2D eigenvalue weighted by molar-refractivity contribution is 0.379.